The van der Waals surface area contributed by atoms with Crippen LogP contribution in [0.4, 0.5) is 5.69 Å². The lowest BCUT2D eigenvalue weighted by atomic mass is 9.73. The summed E-state index contributed by atoms with van der Waals surface area (Å²) in [7, 11) is 0. The minimum absolute atomic E-state index is 0.0611. The summed E-state index contributed by atoms with van der Waals surface area (Å²) in [5.41, 5.74) is -0.0997. The van der Waals surface area contributed by atoms with Gasteiger partial charge in [0.05, 0.1) is 23.0 Å². The standard InChI is InChI=1S/C34H38N6O5/c1-2-33-17-11-21-38(24-13-5-3-6-14-24)30(42)27(33)28-31(43)39(20-9-4-10-22-41)29-32(44)37(19-12-18-34(28,29)45-33)23-40-26-16-8-7-15-25(26)35-36-40/h3,5-8,11-18,27-29,41H,2,4,9-10,19-23H2,1H3/t27-,28-,29?,33+,34-/m0/s1. The zero-order valence-corrected chi connectivity index (χ0v) is 25.4. The molecule has 2 aromatic carbocycles. The fourth-order valence-corrected chi connectivity index (χ4v) is 7.77. The lowest BCUT2D eigenvalue weighted by Crippen LogP contribution is -2.56. The van der Waals surface area contributed by atoms with Crippen LogP contribution in [0.5, 0.6) is 0 Å². The van der Waals surface area contributed by atoms with Crippen molar-refractivity contribution in [2.75, 3.05) is 31.1 Å². The third-order valence-corrected chi connectivity index (χ3v) is 9.87. The van der Waals surface area contributed by atoms with Crippen molar-refractivity contribution in [1.29, 1.82) is 0 Å². The largest absolute Gasteiger partial charge is 0.396 e. The summed E-state index contributed by atoms with van der Waals surface area (Å²) < 4.78 is 8.77. The summed E-state index contributed by atoms with van der Waals surface area (Å²) in [6, 6.07) is 16.1. The van der Waals surface area contributed by atoms with Crippen molar-refractivity contribution in [2.45, 2.75) is 56.5 Å². The highest BCUT2D eigenvalue weighted by Crippen LogP contribution is 2.58. The fraction of sp³-hybridized carbons (Fsp3) is 0.441. The van der Waals surface area contributed by atoms with Crippen molar-refractivity contribution < 1.29 is 24.2 Å². The Hall–Kier alpha value is -4.35. The molecule has 1 aromatic heterocycles. The van der Waals surface area contributed by atoms with Gasteiger partial charge in [0.2, 0.25) is 11.8 Å². The van der Waals surface area contributed by atoms with E-state index in [1.165, 1.54) is 0 Å². The topological polar surface area (TPSA) is 121 Å². The molecule has 5 heterocycles. The zero-order valence-electron chi connectivity index (χ0n) is 25.4. The van der Waals surface area contributed by atoms with Gasteiger partial charge in [0.1, 0.15) is 23.8 Å². The van der Waals surface area contributed by atoms with E-state index >= 15 is 0 Å². The highest BCUT2D eigenvalue weighted by molar-refractivity contribution is 6.04. The molecule has 4 aliphatic rings. The second kappa shape index (κ2) is 11.5. The van der Waals surface area contributed by atoms with Gasteiger partial charge in [-0.15, -0.1) is 5.10 Å². The van der Waals surface area contributed by atoms with Gasteiger partial charge in [0, 0.05) is 31.9 Å². The van der Waals surface area contributed by atoms with Gasteiger partial charge in [0.15, 0.2) is 0 Å². The number of benzene rings is 2. The van der Waals surface area contributed by atoms with E-state index < -0.39 is 29.1 Å². The molecule has 3 amide bonds. The predicted octanol–water partition coefficient (Wildman–Crippen LogP) is 2.91. The maximum atomic E-state index is 14.7. The van der Waals surface area contributed by atoms with Crippen LogP contribution < -0.4 is 4.90 Å². The van der Waals surface area contributed by atoms with Crippen LogP contribution >= 0.6 is 0 Å². The van der Waals surface area contributed by atoms with Crippen molar-refractivity contribution >= 4 is 34.4 Å². The van der Waals surface area contributed by atoms with E-state index in [1.807, 2.05) is 85.8 Å². The number of aliphatic hydroxyl groups excluding tert-OH is 1. The Bertz CT molecular complexity index is 1670. The molecule has 5 atom stereocenters. The average Bonchev–Trinajstić information content (AvgIpc) is 3.60. The molecule has 0 aliphatic carbocycles. The third-order valence-electron chi connectivity index (χ3n) is 9.87. The quantitative estimate of drug-likeness (QED) is 0.292. The first-order chi connectivity index (χ1) is 21.9. The molecule has 1 unspecified atom stereocenters. The number of fused-ring (bicyclic) bond motifs is 3. The van der Waals surface area contributed by atoms with E-state index in [0.29, 0.717) is 38.8 Å². The normalized spacial score (nSPS) is 29.2. The molecule has 3 aromatic rings. The number of aromatic nitrogens is 3. The van der Waals surface area contributed by atoms with Gasteiger partial charge in [-0.3, -0.25) is 14.4 Å². The van der Waals surface area contributed by atoms with Crippen LogP contribution in [0.15, 0.2) is 78.9 Å². The SMILES string of the molecule is CC[C@@]12C=CCN(c3ccccc3)C(=O)[C@@H]1[C@H]1C(=O)N(CCCCCO)C3C(=O)N(Cn4nnc5ccccc54)CC=C[C@@]31O2. The lowest BCUT2D eigenvalue weighted by Gasteiger charge is -2.38. The third kappa shape index (κ3) is 4.59. The Balaban J connectivity index is 1.30. The highest BCUT2D eigenvalue weighted by Gasteiger charge is 2.75. The summed E-state index contributed by atoms with van der Waals surface area (Å²) in [6.45, 7) is 3.15. The second-order valence-electron chi connectivity index (χ2n) is 12.3. The van der Waals surface area contributed by atoms with Crippen molar-refractivity contribution in [2.24, 2.45) is 11.8 Å². The molecule has 11 heteroatoms. The highest BCUT2D eigenvalue weighted by atomic mass is 16.5. The number of amides is 3. The van der Waals surface area contributed by atoms with E-state index in [9.17, 15) is 19.5 Å². The number of carbonyl (C=O) groups excluding carboxylic acids is 3. The van der Waals surface area contributed by atoms with E-state index in [1.54, 1.807) is 19.4 Å². The molecule has 1 spiro atoms. The Labute approximate surface area is 261 Å². The Morgan fingerprint density at radius 1 is 0.889 bits per heavy atom. The first kappa shape index (κ1) is 29.4. The van der Waals surface area contributed by atoms with Crippen molar-refractivity contribution in [1.82, 2.24) is 24.8 Å². The number of carbonyl (C=O) groups is 3. The van der Waals surface area contributed by atoms with E-state index in [0.717, 1.165) is 16.7 Å². The minimum Gasteiger partial charge on any atom is -0.396 e. The lowest BCUT2D eigenvalue weighted by molar-refractivity contribution is -0.153. The van der Waals surface area contributed by atoms with Crippen LogP contribution in [-0.2, 0) is 25.8 Å². The number of aliphatic hydroxyl groups is 1. The van der Waals surface area contributed by atoms with E-state index in [4.69, 9.17) is 4.74 Å². The Morgan fingerprint density at radius 3 is 2.47 bits per heavy atom. The Kier molecular flexibility index (Phi) is 7.53. The molecule has 11 nitrogen and oxygen atoms in total. The van der Waals surface area contributed by atoms with Crippen LogP contribution in [0.3, 0.4) is 0 Å². The molecule has 7 rings (SSSR count). The van der Waals surface area contributed by atoms with Gasteiger partial charge in [-0.25, -0.2) is 4.68 Å². The van der Waals surface area contributed by atoms with Crippen LogP contribution in [0, 0.1) is 11.8 Å². The van der Waals surface area contributed by atoms with Crippen LogP contribution in [0.25, 0.3) is 11.0 Å². The minimum atomic E-state index is -1.33. The molecular formula is C34H38N6O5. The number of nitrogens with zero attached hydrogens (tertiary/aromatic N) is 6. The number of anilines is 1. The number of para-hydroxylation sites is 2. The Morgan fingerprint density at radius 2 is 1.67 bits per heavy atom. The van der Waals surface area contributed by atoms with E-state index in [2.05, 4.69) is 10.3 Å². The van der Waals surface area contributed by atoms with E-state index in [-0.39, 0.29) is 37.5 Å². The zero-order chi connectivity index (χ0) is 31.2. The number of hydrogen-bond donors (Lipinski definition) is 1. The summed E-state index contributed by atoms with van der Waals surface area (Å²) in [4.78, 5) is 49.0. The smallest absolute Gasteiger partial charge is 0.250 e. The summed E-state index contributed by atoms with van der Waals surface area (Å²) in [6.07, 6.45) is 10.1. The summed E-state index contributed by atoms with van der Waals surface area (Å²) in [5.74, 6) is -2.37. The maximum Gasteiger partial charge on any atom is 0.250 e. The van der Waals surface area contributed by atoms with Crippen LogP contribution in [-0.4, -0.2) is 91.1 Å². The molecule has 0 bridgehead atoms. The molecule has 45 heavy (non-hydrogen) atoms. The summed E-state index contributed by atoms with van der Waals surface area (Å²) in [5, 5.41) is 17.9. The van der Waals surface area contributed by atoms with Gasteiger partial charge in [0.25, 0.3) is 5.91 Å². The molecule has 234 valence electrons. The van der Waals surface area contributed by atoms with Gasteiger partial charge in [-0.05, 0) is 49.9 Å². The monoisotopic (exact) mass is 610 g/mol. The molecule has 2 fully saturated rings. The number of ether oxygens (including phenoxy) is 1. The van der Waals surface area contributed by atoms with Crippen molar-refractivity contribution in [3.8, 4) is 0 Å². The number of likely N-dealkylation sites (tertiary alicyclic amines) is 1. The first-order valence-corrected chi connectivity index (χ1v) is 15.8. The number of hydrogen-bond acceptors (Lipinski definition) is 7. The molecular weight excluding hydrogens is 572 g/mol. The molecule has 0 radical (unpaired) electrons. The summed E-state index contributed by atoms with van der Waals surface area (Å²) >= 11 is 0. The van der Waals surface area contributed by atoms with Gasteiger partial charge in [-0.2, -0.15) is 0 Å². The van der Waals surface area contributed by atoms with Gasteiger partial charge < -0.3 is 24.5 Å². The fourth-order valence-electron chi connectivity index (χ4n) is 7.77. The number of unbranched alkanes of at least 4 members (excludes halogenated alkanes) is 2. The molecule has 0 saturated carbocycles. The molecule has 2 saturated heterocycles. The first-order valence-electron chi connectivity index (χ1n) is 15.8. The molecule has 4 aliphatic heterocycles. The predicted molar refractivity (Wildman–Crippen MR) is 167 cm³/mol. The average molecular weight is 611 g/mol. The van der Waals surface area contributed by atoms with Crippen LogP contribution in [0.2, 0.25) is 0 Å². The van der Waals surface area contributed by atoms with Gasteiger partial charge in [-0.1, -0.05) is 66.8 Å². The number of rotatable bonds is 9. The van der Waals surface area contributed by atoms with Gasteiger partial charge >= 0.3 is 0 Å². The van der Waals surface area contributed by atoms with Crippen molar-refractivity contribution in [3.63, 3.8) is 0 Å². The van der Waals surface area contributed by atoms with Crippen molar-refractivity contribution in [3.05, 3.63) is 78.9 Å². The maximum absolute atomic E-state index is 14.7. The molecule has 1 N–H and O–H groups in total. The van der Waals surface area contributed by atoms with Crippen LogP contribution in [0.1, 0.15) is 32.6 Å². The second-order valence-corrected chi connectivity index (χ2v) is 12.3.